The molecular formula is C48H81N3O36. The van der Waals surface area contributed by atoms with Crippen molar-refractivity contribution in [1.82, 2.24) is 16.0 Å². The van der Waals surface area contributed by atoms with Crippen LogP contribution >= 0.6 is 0 Å². The Morgan fingerprint density at radius 2 is 0.586 bits per heavy atom. The lowest BCUT2D eigenvalue weighted by Crippen LogP contribution is -2.71. The van der Waals surface area contributed by atoms with E-state index in [9.17, 15) is 117 Å². The quantitative estimate of drug-likeness (QED) is 0.0479. The van der Waals surface area contributed by atoms with Crippen LogP contribution < -0.4 is 16.0 Å². The van der Waals surface area contributed by atoms with Gasteiger partial charge in [0, 0.05) is 20.8 Å². The van der Waals surface area contributed by atoms with Crippen molar-refractivity contribution >= 4 is 17.7 Å². The van der Waals surface area contributed by atoms with Crippen LogP contribution in [0.1, 0.15) is 20.8 Å². The standard InChI is InChI=1S/C48H81N3O36/c1-11(58)49-21-28(65)37(83-46-33(70)31(68)24(61)14(4-52)77-46)17(7-55)79-43(21)75-10-20-27(64)41(87-45-23(51-13(3)60)29(66)38(18(8-56)81-45)84-47-34(71)32(69)25(62)15(5-53)78-47)36(73)48(82-20)85-39-19(9-57)80-44(22(30(39)67)50-12(2)59)86-40-26(63)16(6-54)76-42(74)35(40)72/h14-48,52-57,61-74H,4-10H2,1-3H3,(H,49,58)(H,50,59)(H,51,60)/t14-,15-,16-,17-,18-,19-,20-,21-,22-,23-,24+,25+,26+,27+,28-,29-,30-,31+,32+,33-,34-,35-,36-,37-,38-,39-,40+,41+,42-,43-,44+,45+,46+,47+,48+/m1/s1. The number of ether oxygens (including phenoxy) is 13. The molecule has 7 rings (SSSR count). The van der Waals surface area contributed by atoms with E-state index < -0.39 is 279 Å². The molecule has 7 fully saturated rings. The van der Waals surface area contributed by atoms with Gasteiger partial charge < -0.3 is 180 Å². The first-order valence-corrected chi connectivity index (χ1v) is 27.6. The van der Waals surface area contributed by atoms with Crippen LogP contribution in [0.4, 0.5) is 0 Å². The molecule has 7 saturated heterocycles. The number of nitrogens with one attached hydrogen (secondary N) is 3. The maximum absolute atomic E-state index is 12.8. The SMILES string of the molecule is CC(=O)N[C@H]1[C@H](OC[C@H]2O[C@@H](O[C@H]3[C@H](O)[C@@H](NC(C)=O)[C@H](O[C@@H]4[C@@H](O)[C@H](O)O[C@H](CO)[C@@H]4O)O[C@@H]3CO)[C@H](O)[C@@H](O[C@@H]3O[C@H](CO)[C@@H](O[C@@H]4O[C@H](CO)[C@H](O)[C@H](O)[C@H]4O)[C@H](O)[C@H]3NC(C)=O)[C@H]2O)O[C@H](CO)[C@@H](O[C@@H]2O[C@H](CO)[C@H](O)[C@H](O)[C@H]2O)[C@@H]1O. The number of carbonyl (C=O) groups is 3. The molecule has 39 nitrogen and oxygen atoms in total. The summed E-state index contributed by atoms with van der Waals surface area (Å²) < 4.78 is 75.2. The first kappa shape index (κ1) is 71.5. The summed E-state index contributed by atoms with van der Waals surface area (Å²) in [6.45, 7) is -3.98. The normalized spacial score (nSPS) is 48.9. The molecule has 23 N–H and O–H groups in total. The highest BCUT2D eigenvalue weighted by atomic mass is 16.8. The van der Waals surface area contributed by atoms with Gasteiger partial charge in [-0.1, -0.05) is 0 Å². The molecule has 87 heavy (non-hydrogen) atoms. The highest BCUT2D eigenvalue weighted by Crippen LogP contribution is 2.37. The largest absolute Gasteiger partial charge is 0.394 e. The summed E-state index contributed by atoms with van der Waals surface area (Å²) in [6.07, 6.45) is -62.3. The van der Waals surface area contributed by atoms with Crippen molar-refractivity contribution in [2.24, 2.45) is 0 Å². The minimum Gasteiger partial charge on any atom is -0.394 e. The van der Waals surface area contributed by atoms with E-state index in [4.69, 9.17) is 61.6 Å². The van der Waals surface area contributed by atoms with Gasteiger partial charge in [0.05, 0.1) is 46.2 Å². The molecule has 0 radical (unpaired) electrons. The van der Waals surface area contributed by atoms with Crippen LogP contribution in [0, 0.1) is 0 Å². The molecule has 0 aliphatic carbocycles. The van der Waals surface area contributed by atoms with E-state index in [1.54, 1.807) is 0 Å². The van der Waals surface area contributed by atoms with Crippen molar-refractivity contribution in [2.45, 2.75) is 236 Å². The van der Waals surface area contributed by atoms with Gasteiger partial charge >= 0.3 is 0 Å². The first-order valence-electron chi connectivity index (χ1n) is 27.6. The third-order valence-corrected chi connectivity index (χ3v) is 15.7. The zero-order valence-electron chi connectivity index (χ0n) is 46.6. The number of rotatable bonds is 22. The van der Waals surface area contributed by atoms with Gasteiger partial charge in [-0.15, -0.1) is 0 Å². The number of aliphatic hydroxyl groups excluding tert-OH is 20. The zero-order valence-corrected chi connectivity index (χ0v) is 46.6. The molecule has 7 heterocycles. The van der Waals surface area contributed by atoms with Gasteiger partial charge in [-0.05, 0) is 0 Å². The molecule has 7 aliphatic rings. The van der Waals surface area contributed by atoms with Gasteiger partial charge in [0.25, 0.3) is 0 Å². The molecule has 0 aromatic heterocycles. The van der Waals surface area contributed by atoms with Crippen molar-refractivity contribution in [1.29, 1.82) is 0 Å². The second-order valence-electron chi connectivity index (χ2n) is 21.8. The van der Waals surface area contributed by atoms with Crippen molar-refractivity contribution < 1.29 is 178 Å². The second kappa shape index (κ2) is 31.1. The molecule has 0 bridgehead atoms. The summed E-state index contributed by atoms with van der Waals surface area (Å²) in [5.41, 5.74) is 0. The van der Waals surface area contributed by atoms with Gasteiger partial charge in [0.15, 0.2) is 44.0 Å². The monoisotopic (exact) mass is 1280 g/mol. The molecule has 39 heteroatoms. The van der Waals surface area contributed by atoms with E-state index in [0.717, 1.165) is 20.8 Å². The van der Waals surface area contributed by atoms with Gasteiger partial charge in [0.2, 0.25) is 17.7 Å². The Hall–Kier alpha value is -2.91. The summed E-state index contributed by atoms with van der Waals surface area (Å²) in [5, 5.41) is 223. The van der Waals surface area contributed by atoms with Crippen LogP contribution in [-0.4, -0.2) is 381 Å². The predicted octanol–water partition coefficient (Wildman–Crippen LogP) is -15.8. The second-order valence-corrected chi connectivity index (χ2v) is 21.8. The predicted molar refractivity (Wildman–Crippen MR) is 267 cm³/mol. The minimum atomic E-state index is -2.38. The lowest BCUT2D eigenvalue weighted by atomic mass is 9.93. The van der Waals surface area contributed by atoms with Crippen molar-refractivity contribution in [2.75, 3.05) is 46.2 Å². The summed E-state index contributed by atoms with van der Waals surface area (Å²) in [5.74, 6) is -2.63. The van der Waals surface area contributed by atoms with Crippen LogP contribution in [-0.2, 0) is 76.0 Å². The van der Waals surface area contributed by atoms with Crippen molar-refractivity contribution in [3.8, 4) is 0 Å². The highest BCUT2D eigenvalue weighted by Gasteiger charge is 2.59. The average Bonchev–Trinajstić information content (AvgIpc) is 0.993. The van der Waals surface area contributed by atoms with Gasteiger partial charge in [-0.3, -0.25) is 14.4 Å². The fourth-order valence-corrected chi connectivity index (χ4v) is 11.1. The van der Waals surface area contributed by atoms with Crippen molar-refractivity contribution in [3.05, 3.63) is 0 Å². The summed E-state index contributed by atoms with van der Waals surface area (Å²) in [4.78, 5) is 38.1. The molecule has 504 valence electrons. The van der Waals surface area contributed by atoms with Crippen molar-refractivity contribution in [3.63, 3.8) is 0 Å². The molecular weight excluding hydrogens is 1190 g/mol. The molecule has 3 amide bonds. The van der Waals surface area contributed by atoms with E-state index in [1.165, 1.54) is 0 Å². The zero-order chi connectivity index (χ0) is 64.2. The smallest absolute Gasteiger partial charge is 0.217 e. The fraction of sp³-hybridized carbons (Fsp3) is 0.938. The molecule has 0 saturated carbocycles. The van der Waals surface area contributed by atoms with Gasteiger partial charge in [0.1, 0.15) is 171 Å². The number of carbonyl (C=O) groups excluding carboxylic acids is 3. The number of aliphatic hydroxyl groups is 20. The average molecular weight is 1280 g/mol. The number of hydrogen-bond donors (Lipinski definition) is 23. The first-order chi connectivity index (χ1) is 41.1. The van der Waals surface area contributed by atoms with Crippen LogP contribution in [0.15, 0.2) is 0 Å². The molecule has 0 aromatic carbocycles. The van der Waals surface area contributed by atoms with E-state index in [0.29, 0.717) is 0 Å². The third-order valence-electron chi connectivity index (χ3n) is 15.7. The molecule has 7 aliphatic heterocycles. The maximum Gasteiger partial charge on any atom is 0.217 e. The molecule has 0 unspecified atom stereocenters. The Balaban J connectivity index is 1.20. The van der Waals surface area contributed by atoms with Crippen LogP contribution in [0.5, 0.6) is 0 Å². The van der Waals surface area contributed by atoms with Gasteiger partial charge in [-0.2, -0.15) is 0 Å². The number of amides is 3. The van der Waals surface area contributed by atoms with Crippen LogP contribution in [0.2, 0.25) is 0 Å². The Morgan fingerprint density at radius 3 is 0.954 bits per heavy atom. The Bertz CT molecular complexity index is 2190. The van der Waals surface area contributed by atoms with Crippen LogP contribution in [0.3, 0.4) is 0 Å². The number of hydrogen-bond acceptors (Lipinski definition) is 36. The topological polar surface area (TPSA) is 612 Å². The summed E-state index contributed by atoms with van der Waals surface area (Å²) in [7, 11) is 0. The minimum absolute atomic E-state index is 0.848. The lowest BCUT2D eigenvalue weighted by Gasteiger charge is -2.51. The maximum atomic E-state index is 12.8. The lowest BCUT2D eigenvalue weighted by molar-refractivity contribution is -0.385. The summed E-state index contributed by atoms with van der Waals surface area (Å²) >= 11 is 0. The molecule has 0 aromatic rings. The molecule has 0 spiro atoms. The van der Waals surface area contributed by atoms with E-state index in [1.807, 2.05) is 0 Å². The van der Waals surface area contributed by atoms with E-state index >= 15 is 0 Å². The van der Waals surface area contributed by atoms with Crippen LogP contribution in [0.25, 0.3) is 0 Å². The summed E-state index contributed by atoms with van der Waals surface area (Å²) in [6, 6.07) is -5.43. The van der Waals surface area contributed by atoms with E-state index in [2.05, 4.69) is 16.0 Å². The fourth-order valence-electron chi connectivity index (χ4n) is 11.1. The van der Waals surface area contributed by atoms with E-state index in [-0.39, 0.29) is 0 Å². The Kier molecular flexibility index (Phi) is 25.6. The third kappa shape index (κ3) is 15.8. The Labute approximate surface area is 492 Å². The Morgan fingerprint density at radius 1 is 0.299 bits per heavy atom. The highest BCUT2D eigenvalue weighted by molar-refractivity contribution is 5.74. The van der Waals surface area contributed by atoms with Gasteiger partial charge in [-0.25, -0.2) is 0 Å². The molecule has 35 atom stereocenters.